The number of esters is 1. The molecule has 0 aliphatic heterocycles. The van der Waals surface area contributed by atoms with Gasteiger partial charge in [-0.15, -0.1) is 0 Å². The van der Waals surface area contributed by atoms with Crippen LogP contribution in [-0.4, -0.2) is 35.2 Å². The van der Waals surface area contributed by atoms with Gasteiger partial charge in [-0.05, 0) is 17.9 Å². The van der Waals surface area contributed by atoms with E-state index in [1.165, 1.54) is 0 Å². The Morgan fingerprint density at radius 3 is 2.95 bits per heavy atom. The fourth-order valence-electron chi connectivity index (χ4n) is 2.24. The number of aromatic nitrogens is 1. The number of hydrogen-bond donors (Lipinski definition) is 1. The molecule has 5 heteroatoms. The molecule has 0 saturated carbocycles. The van der Waals surface area contributed by atoms with E-state index in [9.17, 15) is 4.79 Å². The lowest BCUT2D eigenvalue weighted by Crippen LogP contribution is -2.34. The summed E-state index contributed by atoms with van der Waals surface area (Å²) in [6.07, 6.45) is 4.50. The van der Waals surface area contributed by atoms with Gasteiger partial charge < -0.3 is 15.0 Å². The molecule has 4 nitrogen and oxygen atoms in total. The first-order valence-electron chi connectivity index (χ1n) is 6.57. The number of hydrogen-bond acceptors (Lipinski definition) is 4. The number of aryl methyl sites for hydroxylation is 1. The molecule has 2 N–H and O–H groups in total. The highest BCUT2D eigenvalue weighted by atomic mass is 32.2. The summed E-state index contributed by atoms with van der Waals surface area (Å²) in [5, 5.41) is 1.14. The minimum atomic E-state index is -0.609. The minimum Gasteiger partial charge on any atom is -0.464 e. The third-order valence-corrected chi connectivity index (χ3v) is 3.83. The van der Waals surface area contributed by atoms with Gasteiger partial charge in [-0.2, -0.15) is 11.8 Å². The van der Waals surface area contributed by atoms with Crippen LogP contribution in [0.2, 0.25) is 0 Å². The Balaban J connectivity index is 2.06. The standard InChI is InChI=1S/C15H20N2O2S/c1-17-10-11(12-5-3-4-6-14(12)17)9-13(16)15(18)19-7-8-20-2/h3-6,10,13H,7-9,16H2,1-2H3/t13-/m1/s1. The number of ether oxygens (including phenoxy) is 1. The van der Waals surface area contributed by atoms with Crippen LogP contribution in [-0.2, 0) is 23.0 Å². The van der Waals surface area contributed by atoms with Crippen molar-refractivity contribution >= 4 is 28.6 Å². The molecule has 0 fully saturated rings. The molecule has 20 heavy (non-hydrogen) atoms. The average Bonchev–Trinajstić information content (AvgIpc) is 2.76. The molecule has 108 valence electrons. The maximum atomic E-state index is 11.8. The number of rotatable bonds is 6. The van der Waals surface area contributed by atoms with E-state index in [0.29, 0.717) is 13.0 Å². The maximum Gasteiger partial charge on any atom is 0.323 e. The van der Waals surface area contributed by atoms with Gasteiger partial charge in [0.1, 0.15) is 12.6 Å². The normalized spacial score (nSPS) is 12.6. The Morgan fingerprint density at radius 2 is 2.20 bits per heavy atom. The van der Waals surface area contributed by atoms with E-state index in [0.717, 1.165) is 22.2 Å². The van der Waals surface area contributed by atoms with Gasteiger partial charge in [0.05, 0.1) is 0 Å². The number of benzene rings is 1. The lowest BCUT2D eigenvalue weighted by molar-refractivity contribution is -0.144. The third kappa shape index (κ3) is 3.35. The lowest BCUT2D eigenvalue weighted by Gasteiger charge is -2.10. The van der Waals surface area contributed by atoms with E-state index in [2.05, 4.69) is 16.7 Å². The average molecular weight is 292 g/mol. The van der Waals surface area contributed by atoms with Crippen LogP contribution < -0.4 is 5.73 Å². The molecule has 0 aliphatic carbocycles. The van der Waals surface area contributed by atoms with E-state index in [-0.39, 0.29) is 5.97 Å². The first-order chi connectivity index (χ1) is 9.63. The van der Waals surface area contributed by atoms with E-state index in [1.54, 1.807) is 11.8 Å². The molecule has 0 spiro atoms. The lowest BCUT2D eigenvalue weighted by atomic mass is 10.1. The Hall–Kier alpha value is -1.46. The number of carbonyl (C=O) groups is 1. The molecule has 0 bridgehead atoms. The van der Waals surface area contributed by atoms with E-state index in [4.69, 9.17) is 10.5 Å². The molecule has 0 unspecified atom stereocenters. The topological polar surface area (TPSA) is 57.2 Å². The molecular weight excluding hydrogens is 272 g/mol. The zero-order valence-corrected chi connectivity index (χ0v) is 12.7. The van der Waals surface area contributed by atoms with Crippen molar-refractivity contribution in [2.24, 2.45) is 12.8 Å². The van der Waals surface area contributed by atoms with Crippen LogP contribution in [0.15, 0.2) is 30.5 Å². The molecule has 1 aromatic carbocycles. The van der Waals surface area contributed by atoms with Gasteiger partial charge in [-0.3, -0.25) is 4.79 Å². The van der Waals surface area contributed by atoms with Gasteiger partial charge >= 0.3 is 5.97 Å². The van der Waals surface area contributed by atoms with Crippen molar-refractivity contribution < 1.29 is 9.53 Å². The van der Waals surface area contributed by atoms with Gasteiger partial charge in [-0.1, -0.05) is 18.2 Å². The van der Waals surface area contributed by atoms with Crippen LogP contribution in [0, 0.1) is 0 Å². The quantitative estimate of drug-likeness (QED) is 0.653. The predicted octanol–water partition coefficient (Wildman–Crippen LogP) is 1.95. The first-order valence-corrected chi connectivity index (χ1v) is 7.97. The number of nitrogens with zero attached hydrogens (tertiary/aromatic N) is 1. The Kier molecular flexibility index (Phi) is 5.09. The van der Waals surface area contributed by atoms with Crippen LogP contribution >= 0.6 is 11.8 Å². The van der Waals surface area contributed by atoms with Gasteiger partial charge in [0, 0.05) is 36.3 Å². The Labute approximate surface area is 123 Å². The van der Waals surface area contributed by atoms with Crippen LogP contribution in [0.25, 0.3) is 10.9 Å². The Morgan fingerprint density at radius 1 is 1.45 bits per heavy atom. The molecule has 1 aromatic heterocycles. The van der Waals surface area contributed by atoms with Crippen molar-refractivity contribution in [1.82, 2.24) is 4.57 Å². The summed E-state index contributed by atoms with van der Waals surface area (Å²) < 4.78 is 7.20. The molecule has 0 saturated heterocycles. The second-order valence-electron chi connectivity index (χ2n) is 4.75. The van der Waals surface area contributed by atoms with Crippen molar-refractivity contribution in [1.29, 1.82) is 0 Å². The van der Waals surface area contributed by atoms with E-state index < -0.39 is 6.04 Å². The van der Waals surface area contributed by atoms with Gasteiger partial charge in [0.2, 0.25) is 0 Å². The smallest absolute Gasteiger partial charge is 0.323 e. The molecule has 2 rings (SSSR count). The van der Waals surface area contributed by atoms with Crippen molar-refractivity contribution in [3.05, 3.63) is 36.0 Å². The molecule has 2 aromatic rings. The van der Waals surface area contributed by atoms with Crippen LogP contribution in [0.3, 0.4) is 0 Å². The first kappa shape index (κ1) is 14.9. The summed E-state index contributed by atoms with van der Waals surface area (Å²) >= 11 is 1.64. The summed E-state index contributed by atoms with van der Waals surface area (Å²) in [6, 6.07) is 7.50. The minimum absolute atomic E-state index is 0.327. The zero-order chi connectivity index (χ0) is 14.5. The number of para-hydroxylation sites is 1. The van der Waals surface area contributed by atoms with Crippen LogP contribution in [0.1, 0.15) is 5.56 Å². The zero-order valence-electron chi connectivity index (χ0n) is 11.8. The predicted molar refractivity (Wildman–Crippen MR) is 83.9 cm³/mol. The third-order valence-electron chi connectivity index (χ3n) is 3.25. The highest BCUT2D eigenvalue weighted by Crippen LogP contribution is 2.21. The highest BCUT2D eigenvalue weighted by molar-refractivity contribution is 7.98. The summed E-state index contributed by atoms with van der Waals surface area (Å²) in [4.78, 5) is 11.8. The molecule has 0 radical (unpaired) electrons. The van der Waals surface area contributed by atoms with E-state index >= 15 is 0 Å². The fourth-order valence-corrected chi connectivity index (χ4v) is 2.49. The maximum absolute atomic E-state index is 11.8. The molecule has 0 amide bonds. The highest BCUT2D eigenvalue weighted by Gasteiger charge is 2.18. The van der Waals surface area contributed by atoms with Crippen LogP contribution in [0.4, 0.5) is 0 Å². The summed E-state index contributed by atoms with van der Waals surface area (Å²) in [6.45, 7) is 0.420. The van der Waals surface area contributed by atoms with Crippen molar-refractivity contribution in [3.63, 3.8) is 0 Å². The second kappa shape index (κ2) is 6.81. The molecular formula is C15H20N2O2S. The van der Waals surface area contributed by atoms with Gasteiger partial charge in [0.15, 0.2) is 0 Å². The molecule has 1 atom stereocenters. The fraction of sp³-hybridized carbons (Fsp3) is 0.400. The number of thioether (sulfide) groups is 1. The second-order valence-corrected chi connectivity index (χ2v) is 5.74. The number of nitrogens with two attached hydrogens (primary N) is 1. The Bertz CT molecular complexity index is 595. The SMILES string of the molecule is CSCCOC(=O)[C@H](N)Cc1cn(C)c2ccccc12. The monoisotopic (exact) mass is 292 g/mol. The largest absolute Gasteiger partial charge is 0.464 e. The molecule has 0 aliphatic rings. The number of fused-ring (bicyclic) bond motifs is 1. The van der Waals surface area contributed by atoms with Crippen LogP contribution in [0.5, 0.6) is 0 Å². The summed E-state index contributed by atoms with van der Waals surface area (Å²) in [5.41, 5.74) is 8.17. The van der Waals surface area contributed by atoms with Crippen molar-refractivity contribution in [2.45, 2.75) is 12.5 Å². The van der Waals surface area contributed by atoms with E-state index in [1.807, 2.05) is 31.6 Å². The molecule has 1 heterocycles. The summed E-state index contributed by atoms with van der Waals surface area (Å²) in [5.74, 6) is 0.471. The summed E-state index contributed by atoms with van der Waals surface area (Å²) in [7, 11) is 1.99. The van der Waals surface area contributed by atoms with Crippen molar-refractivity contribution in [3.8, 4) is 0 Å². The van der Waals surface area contributed by atoms with Gasteiger partial charge in [0.25, 0.3) is 0 Å². The van der Waals surface area contributed by atoms with Crippen molar-refractivity contribution in [2.75, 3.05) is 18.6 Å². The van der Waals surface area contributed by atoms with Gasteiger partial charge in [-0.25, -0.2) is 0 Å². The number of carbonyl (C=O) groups excluding carboxylic acids is 1.